The molecule has 0 aliphatic rings. The van der Waals surface area contributed by atoms with Gasteiger partial charge in [0.1, 0.15) is 0 Å². The molecule has 1 aromatic carbocycles. The predicted molar refractivity (Wildman–Crippen MR) is 44.0 cm³/mol. The molecule has 2 nitrogen and oxygen atoms in total. The summed E-state index contributed by atoms with van der Waals surface area (Å²) in [4.78, 5) is 0. The van der Waals surface area contributed by atoms with Gasteiger partial charge in [0.25, 0.3) is 0 Å². The van der Waals surface area contributed by atoms with E-state index in [4.69, 9.17) is 5.21 Å². The van der Waals surface area contributed by atoms with E-state index in [1.165, 1.54) is 6.21 Å². The minimum atomic E-state index is 0.859. The van der Waals surface area contributed by atoms with Crippen molar-refractivity contribution in [3.8, 4) is 0 Å². The normalized spacial score (nSPS) is 10.6. The van der Waals surface area contributed by atoms with E-state index in [0.717, 1.165) is 17.5 Å². The largest absolute Gasteiger partial charge is 0.411 e. The summed E-state index contributed by atoms with van der Waals surface area (Å²) in [6.07, 6.45) is 2.33. The summed E-state index contributed by atoms with van der Waals surface area (Å²) >= 11 is 0. The Kier molecular flexibility index (Phi) is 2.66. The molecule has 57 valence electrons. The SMILES string of the molecule is CCc1ccc[c]c1/C=N\O. The third kappa shape index (κ3) is 1.80. The highest BCUT2D eigenvalue weighted by atomic mass is 16.4. The molecule has 0 bridgehead atoms. The molecule has 0 heterocycles. The average molecular weight is 148 g/mol. The maximum Gasteiger partial charge on any atom is 0.0742 e. The van der Waals surface area contributed by atoms with Gasteiger partial charge in [-0.25, -0.2) is 0 Å². The van der Waals surface area contributed by atoms with E-state index in [1.54, 1.807) is 6.07 Å². The lowest BCUT2D eigenvalue weighted by molar-refractivity contribution is 0.322. The zero-order chi connectivity index (χ0) is 8.10. The molecule has 0 unspecified atom stereocenters. The lowest BCUT2D eigenvalue weighted by Crippen LogP contribution is -1.89. The van der Waals surface area contributed by atoms with E-state index in [1.807, 2.05) is 12.1 Å². The molecular formula is C9H10NO. The van der Waals surface area contributed by atoms with Crippen LogP contribution in [0.3, 0.4) is 0 Å². The summed E-state index contributed by atoms with van der Waals surface area (Å²) in [5.41, 5.74) is 2.00. The van der Waals surface area contributed by atoms with Gasteiger partial charge >= 0.3 is 0 Å². The third-order valence-electron chi connectivity index (χ3n) is 1.55. The summed E-state index contributed by atoms with van der Waals surface area (Å²) in [5.74, 6) is 0. The second-order valence-electron chi connectivity index (χ2n) is 2.21. The van der Waals surface area contributed by atoms with Crippen LogP contribution in [0.25, 0.3) is 0 Å². The number of oxime groups is 1. The Labute approximate surface area is 66.2 Å². The first-order valence-electron chi connectivity index (χ1n) is 3.55. The molecule has 1 aromatic rings. The Balaban J connectivity index is 3.02. The monoisotopic (exact) mass is 148 g/mol. The first kappa shape index (κ1) is 7.79. The van der Waals surface area contributed by atoms with Crippen molar-refractivity contribution in [1.82, 2.24) is 0 Å². The standard InChI is InChI=1S/C9H10NO/c1-2-8-5-3-4-6-9(8)7-10-11/h3-5,7,11H,2H2,1H3/b10-7-. The van der Waals surface area contributed by atoms with Crippen LogP contribution in [0, 0.1) is 6.07 Å². The molecule has 0 saturated carbocycles. The van der Waals surface area contributed by atoms with Crippen LogP contribution in [0.2, 0.25) is 0 Å². The van der Waals surface area contributed by atoms with E-state index in [0.29, 0.717) is 0 Å². The van der Waals surface area contributed by atoms with Crippen molar-refractivity contribution in [2.75, 3.05) is 0 Å². The van der Waals surface area contributed by atoms with Gasteiger partial charge in [-0.05, 0) is 18.1 Å². The number of nitrogens with zero attached hydrogens (tertiary/aromatic N) is 1. The molecule has 1 N–H and O–H groups in total. The lowest BCUT2D eigenvalue weighted by atomic mass is 10.1. The molecule has 0 amide bonds. The predicted octanol–water partition coefficient (Wildman–Crippen LogP) is 1.86. The molecule has 1 rings (SSSR count). The molecule has 1 radical (unpaired) electrons. The molecule has 0 aliphatic heterocycles. The lowest BCUT2D eigenvalue weighted by Gasteiger charge is -1.98. The Bertz CT molecular complexity index is 255. The fourth-order valence-electron chi connectivity index (χ4n) is 0.971. The van der Waals surface area contributed by atoms with Crippen LogP contribution < -0.4 is 0 Å². The molecule has 0 saturated heterocycles. The summed E-state index contributed by atoms with van der Waals surface area (Å²) in [5, 5.41) is 11.2. The second kappa shape index (κ2) is 3.76. The summed E-state index contributed by atoms with van der Waals surface area (Å²) in [6, 6.07) is 8.70. The van der Waals surface area contributed by atoms with Crippen LogP contribution >= 0.6 is 0 Å². The number of rotatable bonds is 2. The maximum atomic E-state index is 8.29. The average Bonchev–Trinajstić information content (AvgIpc) is 2.06. The van der Waals surface area contributed by atoms with Gasteiger partial charge in [-0.3, -0.25) is 0 Å². The maximum absolute atomic E-state index is 8.29. The minimum absolute atomic E-state index is 0.859. The smallest absolute Gasteiger partial charge is 0.0742 e. The first-order chi connectivity index (χ1) is 5.38. The van der Waals surface area contributed by atoms with E-state index >= 15 is 0 Å². The van der Waals surface area contributed by atoms with Crippen LogP contribution in [-0.4, -0.2) is 11.4 Å². The molecule has 0 atom stereocenters. The fraction of sp³-hybridized carbons (Fsp3) is 0.222. The van der Waals surface area contributed by atoms with Gasteiger partial charge in [-0.15, -0.1) is 0 Å². The molecular weight excluding hydrogens is 138 g/mol. The summed E-state index contributed by atoms with van der Waals surface area (Å²) in [6.45, 7) is 2.05. The van der Waals surface area contributed by atoms with E-state index < -0.39 is 0 Å². The van der Waals surface area contributed by atoms with E-state index in [-0.39, 0.29) is 0 Å². The molecule has 0 aromatic heterocycles. The van der Waals surface area contributed by atoms with Gasteiger partial charge in [0.2, 0.25) is 0 Å². The zero-order valence-electron chi connectivity index (χ0n) is 6.41. The number of benzene rings is 1. The van der Waals surface area contributed by atoms with Gasteiger partial charge in [0.15, 0.2) is 0 Å². The zero-order valence-corrected chi connectivity index (χ0v) is 6.41. The van der Waals surface area contributed by atoms with Crippen LogP contribution in [-0.2, 0) is 6.42 Å². The van der Waals surface area contributed by atoms with Gasteiger partial charge < -0.3 is 5.21 Å². The molecule has 0 spiro atoms. The van der Waals surface area contributed by atoms with Crippen molar-refractivity contribution in [2.24, 2.45) is 5.16 Å². The van der Waals surface area contributed by atoms with Crippen LogP contribution in [0.1, 0.15) is 18.1 Å². The molecule has 0 aliphatic carbocycles. The highest BCUT2D eigenvalue weighted by Gasteiger charge is 1.94. The Morgan fingerprint density at radius 3 is 3.18 bits per heavy atom. The van der Waals surface area contributed by atoms with Gasteiger partial charge in [0.05, 0.1) is 6.21 Å². The number of hydrogen-bond acceptors (Lipinski definition) is 2. The number of hydrogen-bond donors (Lipinski definition) is 1. The van der Waals surface area contributed by atoms with Crippen molar-refractivity contribution in [1.29, 1.82) is 0 Å². The molecule has 2 heteroatoms. The van der Waals surface area contributed by atoms with Crippen molar-refractivity contribution in [2.45, 2.75) is 13.3 Å². The Morgan fingerprint density at radius 1 is 1.73 bits per heavy atom. The van der Waals surface area contributed by atoms with Crippen LogP contribution in [0.15, 0.2) is 23.4 Å². The molecule has 11 heavy (non-hydrogen) atoms. The van der Waals surface area contributed by atoms with Crippen molar-refractivity contribution >= 4 is 6.21 Å². The van der Waals surface area contributed by atoms with Crippen molar-refractivity contribution in [3.63, 3.8) is 0 Å². The van der Waals surface area contributed by atoms with E-state index in [9.17, 15) is 0 Å². The third-order valence-corrected chi connectivity index (χ3v) is 1.55. The van der Waals surface area contributed by atoms with Crippen molar-refractivity contribution in [3.05, 3.63) is 35.4 Å². The van der Waals surface area contributed by atoms with Gasteiger partial charge in [-0.1, -0.05) is 30.3 Å². The first-order valence-corrected chi connectivity index (χ1v) is 3.55. The second-order valence-corrected chi connectivity index (χ2v) is 2.21. The van der Waals surface area contributed by atoms with Gasteiger partial charge in [0, 0.05) is 5.56 Å². The topological polar surface area (TPSA) is 32.6 Å². The highest BCUT2D eigenvalue weighted by Crippen LogP contribution is 2.05. The molecule has 0 fully saturated rings. The minimum Gasteiger partial charge on any atom is -0.411 e. The highest BCUT2D eigenvalue weighted by molar-refractivity contribution is 5.80. The van der Waals surface area contributed by atoms with E-state index in [2.05, 4.69) is 18.1 Å². The Hall–Kier alpha value is -1.31. The number of aryl methyl sites for hydroxylation is 1. The van der Waals surface area contributed by atoms with Crippen molar-refractivity contribution < 1.29 is 5.21 Å². The van der Waals surface area contributed by atoms with Gasteiger partial charge in [-0.2, -0.15) is 0 Å². The quantitative estimate of drug-likeness (QED) is 0.387. The van der Waals surface area contributed by atoms with Crippen LogP contribution in [0.5, 0.6) is 0 Å². The fourth-order valence-corrected chi connectivity index (χ4v) is 0.971. The summed E-state index contributed by atoms with van der Waals surface area (Å²) in [7, 11) is 0. The Morgan fingerprint density at radius 2 is 2.55 bits per heavy atom. The van der Waals surface area contributed by atoms with Crippen LogP contribution in [0.4, 0.5) is 0 Å². The summed E-state index contributed by atoms with van der Waals surface area (Å²) < 4.78 is 0.